The van der Waals surface area contributed by atoms with Crippen molar-refractivity contribution in [3.05, 3.63) is 223 Å². The van der Waals surface area contributed by atoms with E-state index in [1.807, 2.05) is 18.2 Å². The van der Waals surface area contributed by atoms with Crippen LogP contribution in [0.25, 0.3) is 33.4 Å². The van der Waals surface area contributed by atoms with E-state index in [9.17, 15) is 0 Å². The summed E-state index contributed by atoms with van der Waals surface area (Å²) in [6, 6.07) is 64.0. The van der Waals surface area contributed by atoms with Gasteiger partial charge in [0.2, 0.25) is 0 Å². The first-order valence-corrected chi connectivity index (χ1v) is 17.9. The SMILES string of the molecule is C=C1/C=C(c2cccc(Cl)c2)\C=C/CN(c2ccccc2)c2ccc(N(c3ccc(-c4ccccc4)cc3)c3ccc(-c4ccccc4)cc3)cc21. The highest BCUT2D eigenvalue weighted by molar-refractivity contribution is 6.30. The molecule has 2 nitrogen and oxygen atoms in total. The van der Waals surface area contributed by atoms with Crippen LogP contribution in [0, 0.1) is 0 Å². The van der Waals surface area contributed by atoms with E-state index in [0.29, 0.717) is 11.6 Å². The first-order valence-electron chi connectivity index (χ1n) is 17.5. The van der Waals surface area contributed by atoms with E-state index in [4.69, 9.17) is 11.6 Å². The standard InChI is InChI=1S/C49H37ClN2/c1-36-33-41(42-17-11-19-43(50)34-42)18-12-32-51(44-20-9-4-10-21-44)49-31-30-47(35-48(36)49)52(45-26-22-39(23-27-45)37-13-5-2-6-14-37)46-28-24-40(25-29-46)38-15-7-3-8-16-38/h2-31,33-35H,1,32H2/b18-12-,41-33+. The Hall–Kier alpha value is -6.35. The number of fused-ring (bicyclic) bond motifs is 1. The third-order valence-corrected chi connectivity index (χ3v) is 9.72. The van der Waals surface area contributed by atoms with Crippen LogP contribution in [0.1, 0.15) is 11.1 Å². The number of nitrogens with zero attached hydrogens (tertiary/aromatic N) is 2. The molecule has 250 valence electrons. The molecule has 0 bridgehead atoms. The lowest BCUT2D eigenvalue weighted by molar-refractivity contribution is 1.09. The first-order chi connectivity index (χ1) is 25.6. The molecule has 3 heteroatoms. The summed E-state index contributed by atoms with van der Waals surface area (Å²) in [4.78, 5) is 4.68. The second-order valence-corrected chi connectivity index (χ2v) is 13.3. The topological polar surface area (TPSA) is 6.48 Å². The lowest BCUT2D eigenvalue weighted by Gasteiger charge is -2.30. The fourth-order valence-corrected chi connectivity index (χ4v) is 7.06. The molecular formula is C49H37ClN2. The predicted molar refractivity (Wildman–Crippen MR) is 223 cm³/mol. The van der Waals surface area contributed by atoms with E-state index in [2.05, 4.69) is 198 Å². The highest BCUT2D eigenvalue weighted by atomic mass is 35.5. The molecule has 0 saturated carbocycles. The number of benzene rings is 7. The molecular weight excluding hydrogens is 652 g/mol. The smallest absolute Gasteiger partial charge is 0.0494 e. The van der Waals surface area contributed by atoms with Gasteiger partial charge >= 0.3 is 0 Å². The summed E-state index contributed by atoms with van der Waals surface area (Å²) < 4.78 is 0. The van der Waals surface area contributed by atoms with Gasteiger partial charge in [-0.3, -0.25) is 0 Å². The summed E-state index contributed by atoms with van der Waals surface area (Å²) in [5, 5.41) is 0.707. The molecule has 0 fully saturated rings. The Labute approximate surface area is 311 Å². The van der Waals surface area contributed by atoms with Crippen LogP contribution in [0.15, 0.2) is 207 Å². The van der Waals surface area contributed by atoms with E-state index in [0.717, 1.165) is 50.7 Å². The largest absolute Gasteiger partial charge is 0.337 e. The number of halogens is 1. The van der Waals surface area contributed by atoms with Gasteiger partial charge in [-0.25, -0.2) is 0 Å². The maximum absolute atomic E-state index is 6.46. The van der Waals surface area contributed by atoms with Gasteiger partial charge in [0.15, 0.2) is 0 Å². The van der Waals surface area contributed by atoms with Crippen molar-refractivity contribution in [2.24, 2.45) is 0 Å². The lowest BCUT2D eigenvalue weighted by Crippen LogP contribution is -2.18. The molecule has 0 N–H and O–H groups in total. The Morgan fingerprint density at radius 2 is 1.02 bits per heavy atom. The second-order valence-electron chi connectivity index (χ2n) is 12.8. The summed E-state index contributed by atoms with van der Waals surface area (Å²) in [6.45, 7) is 5.36. The molecule has 1 aliphatic heterocycles. The third-order valence-electron chi connectivity index (χ3n) is 9.48. The molecule has 0 unspecified atom stereocenters. The monoisotopic (exact) mass is 688 g/mol. The summed E-state index contributed by atoms with van der Waals surface area (Å²) in [5.74, 6) is 0. The molecule has 0 aromatic heterocycles. The van der Waals surface area contributed by atoms with E-state index < -0.39 is 0 Å². The molecule has 0 atom stereocenters. The van der Waals surface area contributed by atoms with Crippen molar-refractivity contribution in [3.63, 3.8) is 0 Å². The Balaban J connectivity index is 1.27. The van der Waals surface area contributed by atoms with Gasteiger partial charge in [-0.15, -0.1) is 0 Å². The van der Waals surface area contributed by atoms with Gasteiger partial charge in [-0.1, -0.05) is 146 Å². The number of anilines is 5. The number of hydrogen-bond acceptors (Lipinski definition) is 2. The van der Waals surface area contributed by atoms with Gasteiger partial charge in [0.25, 0.3) is 0 Å². The summed E-state index contributed by atoms with van der Waals surface area (Å²) >= 11 is 6.46. The maximum atomic E-state index is 6.46. The molecule has 1 aliphatic rings. The molecule has 0 spiro atoms. The van der Waals surface area contributed by atoms with Gasteiger partial charge in [-0.05, 0) is 112 Å². The Bertz CT molecular complexity index is 2290. The number of hydrogen-bond donors (Lipinski definition) is 0. The van der Waals surface area contributed by atoms with Crippen LogP contribution in [0.3, 0.4) is 0 Å². The van der Waals surface area contributed by atoms with E-state index in [-0.39, 0.29) is 0 Å². The van der Waals surface area contributed by atoms with Crippen molar-refractivity contribution in [1.29, 1.82) is 0 Å². The third kappa shape index (κ3) is 6.98. The normalized spacial score (nSPS) is 14.3. The highest BCUT2D eigenvalue weighted by Crippen LogP contribution is 2.42. The summed E-state index contributed by atoms with van der Waals surface area (Å²) in [5.41, 5.74) is 14.2. The van der Waals surface area contributed by atoms with Gasteiger partial charge in [0.05, 0.1) is 0 Å². The summed E-state index contributed by atoms with van der Waals surface area (Å²) in [7, 11) is 0. The average molecular weight is 689 g/mol. The molecule has 7 aromatic rings. The number of rotatable bonds is 7. The quantitative estimate of drug-likeness (QED) is 0.164. The lowest BCUT2D eigenvalue weighted by atomic mass is 9.97. The number of allylic oxidation sites excluding steroid dienone is 4. The second kappa shape index (κ2) is 14.9. The highest BCUT2D eigenvalue weighted by Gasteiger charge is 2.20. The maximum Gasteiger partial charge on any atom is 0.0494 e. The molecule has 0 radical (unpaired) electrons. The van der Waals surface area contributed by atoms with Crippen LogP contribution >= 0.6 is 11.6 Å². The van der Waals surface area contributed by atoms with Crippen molar-refractivity contribution >= 4 is 51.2 Å². The van der Waals surface area contributed by atoms with Gasteiger partial charge in [-0.2, -0.15) is 0 Å². The van der Waals surface area contributed by atoms with Gasteiger partial charge in [0, 0.05) is 45.6 Å². The molecule has 1 heterocycles. The molecule has 0 aliphatic carbocycles. The van der Waals surface area contributed by atoms with Crippen LogP contribution in [0.4, 0.5) is 28.4 Å². The Morgan fingerprint density at radius 3 is 1.60 bits per heavy atom. The van der Waals surface area contributed by atoms with Crippen molar-refractivity contribution in [3.8, 4) is 22.3 Å². The van der Waals surface area contributed by atoms with Crippen molar-refractivity contribution < 1.29 is 0 Å². The Morgan fingerprint density at radius 1 is 0.500 bits per heavy atom. The fraction of sp³-hybridized carbons (Fsp3) is 0.0204. The van der Waals surface area contributed by atoms with E-state index in [1.54, 1.807) is 0 Å². The fourth-order valence-electron chi connectivity index (χ4n) is 6.87. The first kappa shape index (κ1) is 32.8. The zero-order valence-corrected chi connectivity index (χ0v) is 29.5. The molecule has 52 heavy (non-hydrogen) atoms. The zero-order chi connectivity index (χ0) is 35.3. The van der Waals surface area contributed by atoms with Crippen LogP contribution in [0.5, 0.6) is 0 Å². The molecule has 7 aromatic carbocycles. The van der Waals surface area contributed by atoms with Crippen LogP contribution in [-0.4, -0.2) is 6.54 Å². The van der Waals surface area contributed by atoms with Crippen LogP contribution in [0.2, 0.25) is 5.02 Å². The number of para-hydroxylation sites is 1. The van der Waals surface area contributed by atoms with E-state index in [1.165, 1.54) is 22.3 Å². The van der Waals surface area contributed by atoms with Crippen molar-refractivity contribution in [2.75, 3.05) is 16.3 Å². The molecule has 8 rings (SSSR count). The van der Waals surface area contributed by atoms with E-state index >= 15 is 0 Å². The average Bonchev–Trinajstić information content (AvgIpc) is 3.27. The minimum absolute atomic E-state index is 0.688. The minimum atomic E-state index is 0.688. The van der Waals surface area contributed by atoms with Gasteiger partial charge < -0.3 is 9.80 Å². The predicted octanol–water partition coefficient (Wildman–Crippen LogP) is 13.9. The molecule has 0 saturated heterocycles. The minimum Gasteiger partial charge on any atom is -0.337 e. The van der Waals surface area contributed by atoms with Crippen molar-refractivity contribution in [2.45, 2.75) is 0 Å². The zero-order valence-electron chi connectivity index (χ0n) is 28.7. The summed E-state index contributed by atoms with van der Waals surface area (Å²) in [6.07, 6.45) is 6.56. The van der Waals surface area contributed by atoms with Crippen molar-refractivity contribution in [1.82, 2.24) is 0 Å². The van der Waals surface area contributed by atoms with Crippen LogP contribution in [-0.2, 0) is 0 Å². The van der Waals surface area contributed by atoms with Crippen LogP contribution < -0.4 is 9.80 Å². The molecule has 0 amide bonds. The van der Waals surface area contributed by atoms with Gasteiger partial charge in [0.1, 0.15) is 0 Å². The Kier molecular flexibility index (Phi) is 9.39.